The molecule has 0 saturated carbocycles. The second-order valence-corrected chi connectivity index (χ2v) is 11.6. The number of nitrogens with zero attached hydrogens (tertiary/aromatic N) is 4. The van der Waals surface area contributed by atoms with Gasteiger partial charge in [-0.25, -0.2) is 4.79 Å². The minimum Gasteiger partial charge on any atom is -0.392 e. The van der Waals surface area contributed by atoms with Crippen LogP contribution in [0, 0.1) is 0 Å². The number of aliphatic hydroxyl groups is 1. The number of thioether (sulfide) groups is 1. The average molecular weight is 623 g/mol. The first-order valence-electron chi connectivity index (χ1n) is 14.8. The molecular weight excluding hydrogens is 588 g/mol. The molecule has 6 rings (SSSR count). The smallest absolute Gasteiger partial charge is 0.315 e. The number of para-hydroxylation sites is 1. The van der Waals surface area contributed by atoms with E-state index < -0.39 is 6.29 Å². The fourth-order valence-electron chi connectivity index (χ4n) is 5.01. The Bertz CT molecular complexity index is 1650. The van der Waals surface area contributed by atoms with Gasteiger partial charge >= 0.3 is 6.03 Å². The molecule has 0 spiro atoms. The molecule has 10 nitrogen and oxygen atoms in total. The molecule has 3 unspecified atom stereocenters. The summed E-state index contributed by atoms with van der Waals surface area (Å²) >= 11 is 1.54. The highest BCUT2D eigenvalue weighted by molar-refractivity contribution is 7.99. The van der Waals surface area contributed by atoms with Crippen molar-refractivity contribution >= 4 is 17.8 Å². The van der Waals surface area contributed by atoms with Gasteiger partial charge in [0.05, 0.1) is 24.5 Å². The number of urea groups is 1. The van der Waals surface area contributed by atoms with Crippen molar-refractivity contribution < 1.29 is 19.4 Å². The van der Waals surface area contributed by atoms with Crippen molar-refractivity contribution in [3.63, 3.8) is 0 Å². The van der Waals surface area contributed by atoms with Crippen LogP contribution in [0.15, 0.2) is 114 Å². The highest BCUT2D eigenvalue weighted by Crippen LogP contribution is 2.39. The van der Waals surface area contributed by atoms with Crippen molar-refractivity contribution in [2.24, 2.45) is 0 Å². The Morgan fingerprint density at radius 3 is 2.11 bits per heavy atom. The zero-order valence-electron chi connectivity index (χ0n) is 24.5. The molecule has 0 radical (unpaired) electrons. The maximum Gasteiger partial charge on any atom is 0.315 e. The molecule has 1 aliphatic rings. The van der Waals surface area contributed by atoms with Gasteiger partial charge < -0.3 is 25.2 Å². The summed E-state index contributed by atoms with van der Waals surface area (Å²) in [6, 6.07) is 35.1. The third-order valence-corrected chi connectivity index (χ3v) is 8.51. The van der Waals surface area contributed by atoms with Crippen LogP contribution in [-0.4, -0.2) is 43.2 Å². The number of tetrazole rings is 1. The summed E-state index contributed by atoms with van der Waals surface area (Å²) in [5, 5.41) is 28.3. The molecule has 1 aromatic heterocycles. The second kappa shape index (κ2) is 15.0. The average Bonchev–Trinajstić information content (AvgIpc) is 3.59. The van der Waals surface area contributed by atoms with E-state index in [1.807, 2.05) is 109 Å². The molecule has 1 fully saturated rings. The van der Waals surface area contributed by atoms with E-state index in [0.29, 0.717) is 30.4 Å². The Balaban J connectivity index is 1.11. The van der Waals surface area contributed by atoms with Crippen molar-refractivity contribution in [1.29, 1.82) is 0 Å². The number of hydrogen-bond acceptors (Lipinski definition) is 8. The monoisotopic (exact) mass is 622 g/mol. The molecular formula is C34H34N6O4S. The Morgan fingerprint density at radius 2 is 1.42 bits per heavy atom. The summed E-state index contributed by atoms with van der Waals surface area (Å²) < 4.78 is 14.7. The Kier molecular flexibility index (Phi) is 10.1. The first kappa shape index (κ1) is 30.5. The van der Waals surface area contributed by atoms with Crippen molar-refractivity contribution in [3.05, 3.63) is 137 Å². The molecule has 2 amide bonds. The van der Waals surface area contributed by atoms with E-state index in [4.69, 9.17) is 9.47 Å². The second-order valence-electron chi connectivity index (χ2n) is 10.6. The topological polar surface area (TPSA) is 123 Å². The fraction of sp³-hybridized carbons (Fsp3) is 0.235. The largest absolute Gasteiger partial charge is 0.392 e. The van der Waals surface area contributed by atoms with Crippen LogP contribution in [-0.2, 0) is 29.2 Å². The van der Waals surface area contributed by atoms with E-state index in [1.165, 1.54) is 11.8 Å². The van der Waals surface area contributed by atoms with Crippen LogP contribution in [0.1, 0.15) is 46.6 Å². The summed E-state index contributed by atoms with van der Waals surface area (Å²) in [6.07, 6.45) is -0.295. The third-order valence-electron chi connectivity index (χ3n) is 7.46. The van der Waals surface area contributed by atoms with Gasteiger partial charge in [-0.2, -0.15) is 4.68 Å². The molecule has 11 heteroatoms. The van der Waals surface area contributed by atoms with Gasteiger partial charge in [-0.1, -0.05) is 109 Å². The van der Waals surface area contributed by atoms with E-state index in [0.717, 1.165) is 33.5 Å². The molecule has 0 aliphatic carbocycles. The van der Waals surface area contributed by atoms with Crippen LogP contribution >= 0.6 is 11.8 Å². The van der Waals surface area contributed by atoms with Crippen LogP contribution in [0.4, 0.5) is 4.79 Å². The molecule has 45 heavy (non-hydrogen) atoms. The van der Waals surface area contributed by atoms with E-state index in [-0.39, 0.29) is 24.8 Å². The van der Waals surface area contributed by atoms with E-state index in [1.54, 1.807) is 4.68 Å². The number of amides is 2. The van der Waals surface area contributed by atoms with Gasteiger partial charge in [0.15, 0.2) is 6.29 Å². The maximum atomic E-state index is 12.3. The van der Waals surface area contributed by atoms with E-state index in [9.17, 15) is 9.90 Å². The number of ether oxygens (including phenoxy) is 2. The van der Waals surface area contributed by atoms with Crippen LogP contribution in [0.3, 0.4) is 0 Å². The Morgan fingerprint density at radius 1 is 0.800 bits per heavy atom. The molecule has 2 heterocycles. The first-order chi connectivity index (χ1) is 22.1. The number of aromatic nitrogens is 4. The molecule has 3 N–H and O–H groups in total. The lowest BCUT2D eigenvalue weighted by molar-refractivity contribution is -0.245. The molecule has 3 atom stereocenters. The van der Waals surface area contributed by atoms with E-state index >= 15 is 0 Å². The number of nitrogens with one attached hydrogen (secondary N) is 2. The van der Waals surface area contributed by atoms with Crippen LogP contribution in [0.5, 0.6) is 0 Å². The lowest BCUT2D eigenvalue weighted by atomic mass is 10.0. The summed E-state index contributed by atoms with van der Waals surface area (Å²) in [4.78, 5) is 12.3. The summed E-state index contributed by atoms with van der Waals surface area (Å²) in [7, 11) is 0. The van der Waals surface area contributed by atoms with Crippen LogP contribution in [0.25, 0.3) is 5.69 Å². The maximum absolute atomic E-state index is 12.3. The minimum absolute atomic E-state index is 0.0111. The number of rotatable bonds is 11. The Hall–Kier alpha value is -4.55. The van der Waals surface area contributed by atoms with Crippen LogP contribution < -0.4 is 10.6 Å². The van der Waals surface area contributed by atoms with Gasteiger partial charge in [-0.05, 0) is 44.8 Å². The van der Waals surface area contributed by atoms with Crippen LogP contribution in [0.2, 0.25) is 0 Å². The molecule has 1 saturated heterocycles. The zero-order chi connectivity index (χ0) is 30.8. The summed E-state index contributed by atoms with van der Waals surface area (Å²) in [5.41, 5.74) is 5.64. The van der Waals surface area contributed by atoms with Crippen molar-refractivity contribution in [2.45, 2.75) is 49.8 Å². The molecule has 0 bridgehead atoms. The summed E-state index contributed by atoms with van der Waals surface area (Å²) in [6.45, 7) is 0.845. The van der Waals surface area contributed by atoms with Crippen molar-refractivity contribution in [1.82, 2.24) is 30.8 Å². The number of aliphatic hydroxyl groups excluding tert-OH is 1. The molecule has 1 aliphatic heterocycles. The van der Waals surface area contributed by atoms with Crippen molar-refractivity contribution in [3.8, 4) is 5.69 Å². The Labute approximate surface area is 265 Å². The van der Waals surface area contributed by atoms with Crippen molar-refractivity contribution in [2.75, 3.05) is 5.75 Å². The van der Waals surface area contributed by atoms with Gasteiger partial charge in [-0.3, -0.25) is 0 Å². The van der Waals surface area contributed by atoms with Gasteiger partial charge in [0, 0.05) is 30.8 Å². The highest BCUT2D eigenvalue weighted by atomic mass is 32.2. The minimum atomic E-state index is -0.590. The first-order valence-corrected chi connectivity index (χ1v) is 15.7. The third kappa shape index (κ3) is 8.14. The zero-order valence-corrected chi connectivity index (χ0v) is 25.3. The van der Waals surface area contributed by atoms with Gasteiger partial charge in [0.25, 0.3) is 0 Å². The lowest BCUT2D eigenvalue weighted by Crippen LogP contribution is -2.34. The summed E-state index contributed by atoms with van der Waals surface area (Å²) in [5.74, 6) is 0.623. The number of benzene rings is 4. The standard InChI is InChI=1S/C34H34N6O4S/c41-22-26-13-15-27(16-14-26)31-19-30(23-45-34-37-38-39-40(34)29-9-5-2-6-10-29)43-32(44-31)28-17-11-25(12-18-28)21-36-33(42)35-20-24-7-3-1-4-8-24/h1-18,30-32,41H,19-23H2,(H2,35,36,42). The van der Waals surface area contributed by atoms with E-state index in [2.05, 4.69) is 26.2 Å². The fourth-order valence-corrected chi connectivity index (χ4v) is 5.91. The predicted molar refractivity (Wildman–Crippen MR) is 170 cm³/mol. The molecule has 4 aromatic carbocycles. The normalized spacial score (nSPS) is 17.9. The molecule has 5 aromatic rings. The van der Waals surface area contributed by atoms with Gasteiger partial charge in [0.1, 0.15) is 0 Å². The lowest BCUT2D eigenvalue weighted by Gasteiger charge is -2.36. The molecule has 230 valence electrons. The predicted octanol–water partition coefficient (Wildman–Crippen LogP) is 5.49. The quantitative estimate of drug-likeness (QED) is 0.165. The number of carbonyl (C=O) groups excluding carboxylic acids is 1. The number of carbonyl (C=O) groups is 1. The van der Waals surface area contributed by atoms with Gasteiger partial charge in [0.2, 0.25) is 5.16 Å². The SMILES string of the molecule is O=C(NCc1ccccc1)NCc1ccc(C2OC(CSc3nnnn3-c3ccccc3)CC(c3ccc(CO)cc3)O2)cc1. The number of hydrogen-bond donors (Lipinski definition) is 3. The highest BCUT2D eigenvalue weighted by Gasteiger charge is 2.32. The van der Waals surface area contributed by atoms with Gasteiger partial charge in [-0.15, -0.1) is 5.10 Å².